The molecule has 0 spiro atoms. The molecule has 1 aliphatic rings. The molecule has 1 heterocycles. The van der Waals surface area contributed by atoms with Crippen molar-refractivity contribution < 1.29 is 14.7 Å². The van der Waals surface area contributed by atoms with Crippen LogP contribution in [0.25, 0.3) is 0 Å². The highest BCUT2D eigenvalue weighted by atomic mass is 16.4. The minimum atomic E-state index is -0.813. The van der Waals surface area contributed by atoms with E-state index in [0.717, 1.165) is 19.3 Å². The Morgan fingerprint density at radius 2 is 2.12 bits per heavy atom. The van der Waals surface area contributed by atoms with Crippen LogP contribution in [0.5, 0.6) is 0 Å². The van der Waals surface area contributed by atoms with Crippen molar-refractivity contribution in [2.75, 3.05) is 33.2 Å². The molecule has 5 heteroatoms. The largest absolute Gasteiger partial charge is 0.481 e. The molecule has 1 aliphatic heterocycles. The standard InChI is InChI=1S/C12H22N2O3/c1-3-4-5-6-14-8-10(12(16)17)7-13(2)9-11(14)15/h10H,3-9H2,1-2H3,(H,16,17). The van der Waals surface area contributed by atoms with Gasteiger partial charge in [0.15, 0.2) is 0 Å². The van der Waals surface area contributed by atoms with Crippen LogP contribution in [0.2, 0.25) is 0 Å². The highest BCUT2D eigenvalue weighted by Crippen LogP contribution is 2.11. The van der Waals surface area contributed by atoms with Gasteiger partial charge < -0.3 is 10.0 Å². The van der Waals surface area contributed by atoms with Gasteiger partial charge in [0.25, 0.3) is 0 Å². The number of carboxylic acid groups (broad SMARTS) is 1. The van der Waals surface area contributed by atoms with Crippen molar-refractivity contribution in [3.05, 3.63) is 0 Å². The molecule has 1 amide bonds. The van der Waals surface area contributed by atoms with E-state index in [1.807, 2.05) is 0 Å². The summed E-state index contributed by atoms with van der Waals surface area (Å²) in [4.78, 5) is 26.4. The van der Waals surface area contributed by atoms with Crippen LogP contribution < -0.4 is 0 Å². The third-order valence-electron chi connectivity index (χ3n) is 3.11. The molecule has 1 fully saturated rings. The highest BCUT2D eigenvalue weighted by Gasteiger charge is 2.29. The Labute approximate surface area is 102 Å². The molecule has 1 unspecified atom stereocenters. The molecule has 98 valence electrons. The van der Waals surface area contributed by atoms with Crippen LogP contribution >= 0.6 is 0 Å². The maximum Gasteiger partial charge on any atom is 0.309 e. The Hall–Kier alpha value is -1.10. The molecule has 5 nitrogen and oxygen atoms in total. The number of likely N-dealkylation sites (N-methyl/N-ethyl adjacent to an activating group) is 1. The molecule has 0 aliphatic carbocycles. The Kier molecular flexibility index (Phi) is 5.41. The average molecular weight is 242 g/mol. The summed E-state index contributed by atoms with van der Waals surface area (Å²) >= 11 is 0. The quantitative estimate of drug-likeness (QED) is 0.719. The van der Waals surface area contributed by atoms with Gasteiger partial charge in [0.05, 0.1) is 12.5 Å². The number of carbonyl (C=O) groups excluding carboxylic acids is 1. The fourth-order valence-electron chi connectivity index (χ4n) is 2.12. The maximum atomic E-state index is 11.9. The van der Waals surface area contributed by atoms with Crippen molar-refractivity contribution in [2.24, 2.45) is 5.92 Å². The van der Waals surface area contributed by atoms with Crippen molar-refractivity contribution in [1.82, 2.24) is 9.80 Å². The lowest BCUT2D eigenvalue weighted by Gasteiger charge is -2.22. The zero-order valence-electron chi connectivity index (χ0n) is 10.7. The van der Waals surface area contributed by atoms with E-state index in [-0.39, 0.29) is 5.91 Å². The number of nitrogens with zero attached hydrogens (tertiary/aromatic N) is 2. The van der Waals surface area contributed by atoms with E-state index < -0.39 is 11.9 Å². The first-order valence-electron chi connectivity index (χ1n) is 6.23. The number of carboxylic acids is 1. The lowest BCUT2D eigenvalue weighted by atomic mass is 10.1. The number of unbranched alkanes of at least 4 members (excludes halogenated alkanes) is 2. The van der Waals surface area contributed by atoms with Crippen LogP contribution in [0.15, 0.2) is 0 Å². The summed E-state index contributed by atoms with van der Waals surface area (Å²) in [5.41, 5.74) is 0. The van der Waals surface area contributed by atoms with Crippen LogP contribution in [-0.2, 0) is 9.59 Å². The topological polar surface area (TPSA) is 60.9 Å². The smallest absolute Gasteiger partial charge is 0.309 e. The van der Waals surface area contributed by atoms with Gasteiger partial charge in [-0.15, -0.1) is 0 Å². The average Bonchev–Trinajstić information content (AvgIpc) is 2.38. The van der Waals surface area contributed by atoms with Crippen molar-refractivity contribution in [3.63, 3.8) is 0 Å². The normalized spacial score (nSPS) is 22.6. The predicted octanol–water partition coefficient (Wildman–Crippen LogP) is 0.651. The summed E-state index contributed by atoms with van der Waals surface area (Å²) in [5.74, 6) is -1.23. The molecule has 0 saturated carbocycles. The molecule has 0 bridgehead atoms. The van der Waals surface area contributed by atoms with Crippen molar-refractivity contribution >= 4 is 11.9 Å². The van der Waals surface area contributed by atoms with E-state index >= 15 is 0 Å². The second-order valence-electron chi connectivity index (χ2n) is 4.78. The number of rotatable bonds is 5. The molecule has 0 aromatic carbocycles. The number of amides is 1. The van der Waals surface area contributed by atoms with Gasteiger partial charge in [0.1, 0.15) is 0 Å². The van der Waals surface area contributed by atoms with Crippen LogP contribution in [0.4, 0.5) is 0 Å². The molecule has 0 aromatic rings. The Morgan fingerprint density at radius 1 is 1.41 bits per heavy atom. The van der Waals surface area contributed by atoms with Gasteiger partial charge in [-0.1, -0.05) is 19.8 Å². The minimum absolute atomic E-state index is 0.0485. The van der Waals surface area contributed by atoms with Gasteiger partial charge in [0, 0.05) is 19.6 Å². The summed E-state index contributed by atoms with van der Waals surface area (Å²) < 4.78 is 0. The second-order valence-corrected chi connectivity index (χ2v) is 4.78. The third-order valence-corrected chi connectivity index (χ3v) is 3.11. The number of aliphatic carboxylic acids is 1. The second kappa shape index (κ2) is 6.59. The van der Waals surface area contributed by atoms with E-state index in [9.17, 15) is 9.59 Å². The molecule has 0 radical (unpaired) electrons. The van der Waals surface area contributed by atoms with E-state index in [1.54, 1.807) is 16.8 Å². The molecule has 1 rings (SSSR count). The first-order chi connectivity index (χ1) is 8.04. The van der Waals surface area contributed by atoms with Gasteiger partial charge in [0.2, 0.25) is 5.91 Å². The van der Waals surface area contributed by atoms with Gasteiger partial charge in [-0.3, -0.25) is 14.5 Å². The SMILES string of the molecule is CCCCCN1CC(C(=O)O)CN(C)CC1=O. The van der Waals surface area contributed by atoms with Crippen LogP contribution in [0.3, 0.4) is 0 Å². The zero-order chi connectivity index (χ0) is 12.8. The fraction of sp³-hybridized carbons (Fsp3) is 0.833. The van der Waals surface area contributed by atoms with Crippen molar-refractivity contribution in [2.45, 2.75) is 26.2 Å². The summed E-state index contributed by atoms with van der Waals surface area (Å²) in [6, 6.07) is 0. The molecule has 1 N–H and O–H groups in total. The van der Waals surface area contributed by atoms with Gasteiger partial charge in [-0.05, 0) is 13.5 Å². The minimum Gasteiger partial charge on any atom is -0.481 e. The fourth-order valence-corrected chi connectivity index (χ4v) is 2.12. The van der Waals surface area contributed by atoms with Crippen LogP contribution in [0.1, 0.15) is 26.2 Å². The van der Waals surface area contributed by atoms with Gasteiger partial charge >= 0.3 is 5.97 Å². The third kappa shape index (κ3) is 4.34. The predicted molar refractivity (Wildman–Crippen MR) is 64.7 cm³/mol. The van der Waals surface area contributed by atoms with Crippen molar-refractivity contribution in [3.8, 4) is 0 Å². The Bertz CT molecular complexity index is 281. The molecule has 1 atom stereocenters. The number of carbonyl (C=O) groups is 2. The first kappa shape index (κ1) is 14.0. The van der Waals surface area contributed by atoms with Gasteiger partial charge in [-0.25, -0.2) is 0 Å². The molecule has 17 heavy (non-hydrogen) atoms. The van der Waals surface area contributed by atoms with Crippen LogP contribution in [-0.4, -0.2) is 60.0 Å². The molecular weight excluding hydrogens is 220 g/mol. The van der Waals surface area contributed by atoms with E-state index in [0.29, 0.717) is 26.2 Å². The maximum absolute atomic E-state index is 11.9. The summed E-state index contributed by atoms with van der Waals surface area (Å²) in [6.07, 6.45) is 3.14. The van der Waals surface area contributed by atoms with Gasteiger partial charge in [-0.2, -0.15) is 0 Å². The first-order valence-corrected chi connectivity index (χ1v) is 6.23. The lowest BCUT2D eigenvalue weighted by molar-refractivity contribution is -0.142. The summed E-state index contributed by atoms with van der Waals surface area (Å²) in [5, 5.41) is 9.09. The molecule has 1 saturated heterocycles. The molecule has 0 aromatic heterocycles. The van der Waals surface area contributed by atoms with Crippen molar-refractivity contribution in [1.29, 1.82) is 0 Å². The van der Waals surface area contributed by atoms with Crippen LogP contribution in [0, 0.1) is 5.92 Å². The van der Waals surface area contributed by atoms with E-state index in [4.69, 9.17) is 5.11 Å². The van der Waals surface area contributed by atoms with E-state index in [2.05, 4.69) is 6.92 Å². The summed E-state index contributed by atoms with van der Waals surface area (Å²) in [7, 11) is 1.80. The lowest BCUT2D eigenvalue weighted by Crippen LogP contribution is -2.37. The zero-order valence-corrected chi connectivity index (χ0v) is 10.7. The number of hydrogen-bond donors (Lipinski definition) is 1. The van der Waals surface area contributed by atoms with E-state index in [1.165, 1.54) is 0 Å². The highest BCUT2D eigenvalue weighted by molar-refractivity contribution is 5.80. The molecular formula is C12H22N2O3. The Balaban J connectivity index is 2.59. The number of hydrogen-bond acceptors (Lipinski definition) is 3. The monoisotopic (exact) mass is 242 g/mol. The summed E-state index contributed by atoms with van der Waals surface area (Å²) in [6.45, 7) is 3.92. The Morgan fingerprint density at radius 3 is 2.71 bits per heavy atom.